The summed E-state index contributed by atoms with van der Waals surface area (Å²) in [4.78, 5) is 0. The van der Waals surface area contributed by atoms with E-state index in [0.717, 1.165) is 31.3 Å². The molecule has 20 atom stereocenters. The molecule has 0 radical (unpaired) electrons. The van der Waals surface area contributed by atoms with Gasteiger partial charge in [-0.2, -0.15) is 8.42 Å². The first-order chi connectivity index (χ1) is 26.1. The van der Waals surface area contributed by atoms with Crippen LogP contribution < -0.4 is 0 Å². The Kier molecular flexibility index (Phi) is 13.5. The summed E-state index contributed by atoms with van der Waals surface area (Å²) in [5, 5.41) is 77.3. The summed E-state index contributed by atoms with van der Waals surface area (Å²) in [6.07, 6.45) is -7.46. The minimum absolute atomic E-state index is 0.0441. The molecule has 5 unspecified atom stereocenters. The van der Waals surface area contributed by atoms with Gasteiger partial charge in [-0.15, -0.1) is 0 Å². The second-order valence-electron chi connectivity index (χ2n) is 18.5. The Morgan fingerprint density at radius 3 is 2.21 bits per heavy atom. The Balaban J connectivity index is 1.08. The third-order valence-corrected chi connectivity index (χ3v) is 15.6. The average molecular weight is 823 g/mol. The molecule has 6 rings (SSSR count). The first-order valence-corrected chi connectivity index (χ1v) is 21.7. The summed E-state index contributed by atoms with van der Waals surface area (Å²) >= 11 is 0. The van der Waals surface area contributed by atoms with E-state index in [4.69, 9.17) is 27.9 Å². The summed E-state index contributed by atoms with van der Waals surface area (Å²) < 4.78 is 66.3. The Morgan fingerprint density at radius 1 is 0.875 bits per heavy atom. The van der Waals surface area contributed by atoms with Crippen molar-refractivity contribution in [3.05, 3.63) is 12.2 Å². The minimum atomic E-state index is -5.07. The summed E-state index contributed by atoms with van der Waals surface area (Å²) in [6, 6.07) is 0. The van der Waals surface area contributed by atoms with Crippen LogP contribution >= 0.6 is 0 Å². The zero-order valence-corrected chi connectivity index (χ0v) is 34.1. The van der Waals surface area contributed by atoms with Crippen molar-refractivity contribution in [1.29, 1.82) is 0 Å². The average Bonchev–Trinajstić information content (AvgIpc) is 3.40. The van der Waals surface area contributed by atoms with Crippen LogP contribution in [0.15, 0.2) is 12.2 Å². The van der Waals surface area contributed by atoms with Crippen molar-refractivity contribution < 1.29 is 76.6 Å². The molecule has 2 heterocycles. The number of ether oxygens (including phenoxy) is 5. The largest absolute Gasteiger partial charge is 0.397 e. The molecule has 2 saturated heterocycles. The van der Waals surface area contributed by atoms with Gasteiger partial charge in [-0.25, -0.2) is 4.18 Å². The van der Waals surface area contributed by atoms with Gasteiger partial charge in [0.25, 0.3) is 0 Å². The van der Waals surface area contributed by atoms with E-state index in [0.29, 0.717) is 25.7 Å². The molecule has 56 heavy (non-hydrogen) atoms. The molecule has 324 valence electrons. The molecule has 16 nitrogen and oxygen atoms in total. The lowest BCUT2D eigenvalue weighted by molar-refractivity contribution is -0.343. The number of rotatable bonds is 13. The van der Waals surface area contributed by atoms with E-state index < -0.39 is 90.1 Å². The molecule has 0 aromatic rings. The molecule has 6 fully saturated rings. The standard InChI is InChI=1S/C39H66O16S/c1-19(21(3)16-51-35-33(31(28(44)18-52-35)55-56(47,48)49)54-36-32(50-6)30(45)27(43)17-53-36)7-8-20(2)23-14-25(41)34-38(23,5)12-10-29-37(4)11-9-22(40)13-24(37)26(42)15-39(29,34)46/h20-36,40-46H,1,7-18H2,2-6H3,(H,47,48,49)/t20-,21?,22?,23-,24?,25?,26?,27-,28-,29-,30+,31+,32-,33-,34-,35-,36+,37+,38-,39+/m1/s1. The van der Waals surface area contributed by atoms with E-state index in [2.05, 4.69) is 27.4 Å². The van der Waals surface area contributed by atoms with Crippen LogP contribution in [-0.2, 0) is 38.3 Å². The fourth-order valence-corrected chi connectivity index (χ4v) is 12.7. The number of hydrogen-bond acceptors (Lipinski definition) is 15. The number of methoxy groups -OCH3 is 1. The van der Waals surface area contributed by atoms with Crippen molar-refractivity contribution in [2.75, 3.05) is 26.9 Å². The quantitative estimate of drug-likeness (QED) is 0.0956. The predicted octanol–water partition coefficient (Wildman–Crippen LogP) is 1.07. The van der Waals surface area contributed by atoms with Gasteiger partial charge in [0.2, 0.25) is 0 Å². The van der Waals surface area contributed by atoms with Crippen LogP contribution in [0.5, 0.6) is 0 Å². The van der Waals surface area contributed by atoms with Gasteiger partial charge >= 0.3 is 10.4 Å². The van der Waals surface area contributed by atoms with Gasteiger partial charge in [0.1, 0.15) is 36.6 Å². The third kappa shape index (κ3) is 8.40. The van der Waals surface area contributed by atoms with Crippen molar-refractivity contribution in [2.24, 2.45) is 46.3 Å². The fourth-order valence-electron chi connectivity index (χ4n) is 12.2. The molecular weight excluding hydrogens is 756 g/mol. The van der Waals surface area contributed by atoms with Gasteiger partial charge in [-0.05, 0) is 85.9 Å². The van der Waals surface area contributed by atoms with Crippen LogP contribution in [0.25, 0.3) is 0 Å². The summed E-state index contributed by atoms with van der Waals surface area (Å²) in [7, 11) is -3.81. The van der Waals surface area contributed by atoms with Crippen molar-refractivity contribution in [3.8, 4) is 0 Å². The van der Waals surface area contributed by atoms with Crippen molar-refractivity contribution in [2.45, 2.75) is 159 Å². The minimum Gasteiger partial charge on any atom is -0.393 e. The Bertz CT molecular complexity index is 1480. The van der Waals surface area contributed by atoms with Crippen LogP contribution in [0, 0.1) is 46.3 Å². The molecule has 0 aromatic heterocycles. The highest BCUT2D eigenvalue weighted by molar-refractivity contribution is 7.80. The third-order valence-electron chi connectivity index (χ3n) is 15.2. The highest BCUT2D eigenvalue weighted by atomic mass is 32.3. The summed E-state index contributed by atoms with van der Waals surface area (Å²) in [5.74, 6) is -0.450. The lowest BCUT2D eigenvalue weighted by Crippen LogP contribution is -2.68. The predicted molar refractivity (Wildman–Crippen MR) is 198 cm³/mol. The van der Waals surface area contributed by atoms with E-state index in [1.165, 1.54) is 7.11 Å². The molecule has 0 spiro atoms. The summed E-state index contributed by atoms with van der Waals surface area (Å²) in [6.45, 7) is 12.1. The van der Waals surface area contributed by atoms with Crippen molar-refractivity contribution in [1.82, 2.24) is 0 Å². The molecule has 4 saturated carbocycles. The highest BCUT2D eigenvalue weighted by Gasteiger charge is 2.70. The Labute approximate surface area is 330 Å². The van der Waals surface area contributed by atoms with Crippen LogP contribution in [0.2, 0.25) is 0 Å². The zero-order valence-electron chi connectivity index (χ0n) is 33.3. The number of fused-ring (bicyclic) bond motifs is 5. The Hall–Kier alpha value is -0.870. The zero-order chi connectivity index (χ0) is 41.1. The maximum atomic E-state index is 12.6. The lowest BCUT2D eigenvalue weighted by Gasteiger charge is -2.66. The highest BCUT2D eigenvalue weighted by Crippen LogP contribution is 2.69. The van der Waals surface area contributed by atoms with E-state index in [1.54, 1.807) is 0 Å². The van der Waals surface area contributed by atoms with Crippen molar-refractivity contribution in [3.63, 3.8) is 0 Å². The molecule has 8 N–H and O–H groups in total. The molecule has 4 aliphatic carbocycles. The van der Waals surface area contributed by atoms with E-state index in [-0.39, 0.29) is 66.0 Å². The van der Waals surface area contributed by atoms with Gasteiger partial charge in [-0.1, -0.05) is 39.8 Å². The van der Waals surface area contributed by atoms with Crippen LogP contribution in [-0.4, -0.2) is 149 Å². The first-order valence-electron chi connectivity index (χ1n) is 20.3. The van der Waals surface area contributed by atoms with Gasteiger partial charge in [-0.3, -0.25) is 4.55 Å². The van der Waals surface area contributed by atoms with Crippen LogP contribution in [0.4, 0.5) is 0 Å². The molecule has 0 amide bonds. The normalized spacial score (nSPS) is 49.3. The number of aliphatic hydroxyl groups excluding tert-OH is 6. The first kappa shape index (κ1) is 44.7. The fraction of sp³-hybridized carbons (Fsp3) is 0.949. The summed E-state index contributed by atoms with van der Waals surface area (Å²) in [5.41, 5.74) is -0.983. The maximum Gasteiger partial charge on any atom is 0.397 e. The van der Waals surface area contributed by atoms with Gasteiger partial charge in [0, 0.05) is 25.4 Å². The van der Waals surface area contributed by atoms with Crippen LogP contribution in [0.3, 0.4) is 0 Å². The van der Waals surface area contributed by atoms with E-state index in [1.807, 2.05) is 6.92 Å². The van der Waals surface area contributed by atoms with E-state index >= 15 is 0 Å². The SMILES string of the molecule is C=C(CC[C@@H](C)[C@H]1CC(O)[C@@H]2[C@]1(C)CC[C@H]1[C@@]2(O)CC(O)C2CC(O)CC[C@@]21C)C(C)CO[C@@H]1OC[C@@H](O)[C@H](OS(=O)(=O)O)[C@H]1O[C@@H]1OC[C@@H](O)[C@H](O)[C@H]1OC. The van der Waals surface area contributed by atoms with Crippen LogP contribution in [0.1, 0.15) is 85.5 Å². The van der Waals surface area contributed by atoms with Gasteiger partial charge < -0.3 is 59.4 Å². The molecule has 0 bridgehead atoms. The van der Waals surface area contributed by atoms with Gasteiger partial charge in [0.05, 0.1) is 43.7 Å². The second kappa shape index (κ2) is 16.9. The monoisotopic (exact) mass is 822 g/mol. The number of aliphatic hydroxyl groups is 7. The molecular formula is C39H66O16S. The van der Waals surface area contributed by atoms with Gasteiger partial charge in [0.15, 0.2) is 12.6 Å². The number of hydrogen-bond donors (Lipinski definition) is 8. The van der Waals surface area contributed by atoms with Crippen molar-refractivity contribution >= 4 is 10.4 Å². The molecule has 17 heteroatoms. The van der Waals surface area contributed by atoms with E-state index in [9.17, 15) is 48.7 Å². The molecule has 0 aromatic carbocycles. The topological polar surface area (TPSA) is 251 Å². The lowest BCUT2D eigenvalue weighted by atomic mass is 9.42. The Morgan fingerprint density at radius 2 is 1.54 bits per heavy atom. The molecule has 2 aliphatic heterocycles. The maximum absolute atomic E-state index is 12.6. The second-order valence-corrected chi connectivity index (χ2v) is 19.6. The smallest absolute Gasteiger partial charge is 0.393 e. The molecule has 6 aliphatic rings.